The predicted molar refractivity (Wildman–Crippen MR) is 68.5 cm³/mol. The zero-order chi connectivity index (χ0) is 14.8. The normalized spacial score (nSPS) is 11.2. The molecule has 0 fully saturated rings. The SMILES string of the molecule is O=C(c1ccncc1)c1c(Br)cccc1OC(F)(F)F. The Morgan fingerprint density at radius 3 is 2.40 bits per heavy atom. The largest absolute Gasteiger partial charge is 0.573 e. The van der Waals surface area contributed by atoms with Crippen LogP contribution in [0.25, 0.3) is 0 Å². The molecule has 0 unspecified atom stereocenters. The van der Waals surface area contributed by atoms with Crippen LogP contribution in [0.3, 0.4) is 0 Å². The summed E-state index contributed by atoms with van der Waals surface area (Å²) in [6, 6.07) is 6.75. The van der Waals surface area contributed by atoms with E-state index in [1.807, 2.05) is 0 Å². The smallest absolute Gasteiger partial charge is 0.405 e. The highest BCUT2D eigenvalue weighted by atomic mass is 79.9. The van der Waals surface area contributed by atoms with Crippen LogP contribution in [-0.4, -0.2) is 17.1 Å². The van der Waals surface area contributed by atoms with E-state index in [9.17, 15) is 18.0 Å². The second-order valence-corrected chi connectivity index (χ2v) is 4.58. The van der Waals surface area contributed by atoms with E-state index in [4.69, 9.17) is 0 Å². The monoisotopic (exact) mass is 345 g/mol. The fourth-order valence-electron chi connectivity index (χ4n) is 1.58. The van der Waals surface area contributed by atoms with Crippen molar-refractivity contribution >= 4 is 21.7 Å². The molecule has 0 amide bonds. The lowest BCUT2D eigenvalue weighted by molar-refractivity contribution is -0.274. The molecule has 0 saturated carbocycles. The zero-order valence-electron chi connectivity index (χ0n) is 9.82. The molecule has 2 rings (SSSR count). The fraction of sp³-hybridized carbons (Fsp3) is 0.0769. The minimum atomic E-state index is -4.87. The number of pyridine rings is 1. The van der Waals surface area contributed by atoms with Crippen LogP contribution >= 0.6 is 15.9 Å². The lowest BCUT2D eigenvalue weighted by atomic mass is 10.0. The molecule has 7 heteroatoms. The molecule has 20 heavy (non-hydrogen) atoms. The van der Waals surface area contributed by atoms with Crippen LogP contribution in [0.2, 0.25) is 0 Å². The number of halogens is 4. The maximum absolute atomic E-state index is 12.4. The summed E-state index contributed by atoms with van der Waals surface area (Å²) in [6.45, 7) is 0. The Morgan fingerprint density at radius 2 is 1.80 bits per heavy atom. The van der Waals surface area contributed by atoms with Crippen molar-refractivity contribution in [2.24, 2.45) is 0 Å². The van der Waals surface area contributed by atoms with E-state index >= 15 is 0 Å². The van der Waals surface area contributed by atoms with E-state index in [-0.39, 0.29) is 15.6 Å². The first kappa shape index (κ1) is 14.5. The van der Waals surface area contributed by atoms with Gasteiger partial charge >= 0.3 is 6.36 Å². The first-order chi connectivity index (χ1) is 9.38. The minimum absolute atomic E-state index is 0.184. The summed E-state index contributed by atoms with van der Waals surface area (Å²) < 4.78 is 41.2. The van der Waals surface area contributed by atoms with Crippen molar-refractivity contribution in [2.75, 3.05) is 0 Å². The van der Waals surface area contributed by atoms with E-state index in [0.717, 1.165) is 6.07 Å². The van der Waals surface area contributed by atoms with Crippen molar-refractivity contribution < 1.29 is 22.7 Å². The number of alkyl halides is 3. The van der Waals surface area contributed by atoms with Gasteiger partial charge in [-0.25, -0.2) is 0 Å². The fourth-order valence-corrected chi connectivity index (χ4v) is 2.11. The Labute approximate surface area is 120 Å². The number of carbonyl (C=O) groups excluding carboxylic acids is 1. The number of ketones is 1. The Morgan fingerprint density at radius 1 is 1.15 bits per heavy atom. The molecule has 0 aliphatic heterocycles. The highest BCUT2D eigenvalue weighted by molar-refractivity contribution is 9.10. The summed E-state index contributed by atoms with van der Waals surface area (Å²) in [4.78, 5) is 16.0. The van der Waals surface area contributed by atoms with Gasteiger partial charge in [-0.3, -0.25) is 9.78 Å². The van der Waals surface area contributed by atoms with Gasteiger partial charge in [-0.2, -0.15) is 0 Å². The van der Waals surface area contributed by atoms with Gasteiger partial charge in [-0.05, 0) is 40.2 Å². The van der Waals surface area contributed by atoms with Crippen LogP contribution < -0.4 is 4.74 Å². The van der Waals surface area contributed by atoms with Gasteiger partial charge in [0.15, 0.2) is 5.78 Å². The quantitative estimate of drug-likeness (QED) is 0.790. The van der Waals surface area contributed by atoms with Crippen LogP contribution in [-0.2, 0) is 0 Å². The number of hydrogen-bond donors (Lipinski definition) is 0. The Balaban J connectivity index is 2.48. The van der Waals surface area contributed by atoms with Gasteiger partial charge in [0, 0.05) is 22.4 Å². The Bertz CT molecular complexity index is 629. The van der Waals surface area contributed by atoms with E-state index in [1.54, 1.807) is 0 Å². The molecular formula is C13H7BrF3NO2. The summed E-state index contributed by atoms with van der Waals surface area (Å²) in [5.41, 5.74) is 0.0370. The molecule has 0 atom stereocenters. The van der Waals surface area contributed by atoms with Crippen molar-refractivity contribution in [1.82, 2.24) is 4.98 Å². The number of ether oxygens (including phenoxy) is 1. The van der Waals surface area contributed by atoms with Gasteiger partial charge in [-0.1, -0.05) is 6.07 Å². The predicted octanol–water partition coefficient (Wildman–Crippen LogP) is 3.97. The third-order valence-corrected chi connectivity index (χ3v) is 3.03. The summed E-state index contributed by atoms with van der Waals surface area (Å²) >= 11 is 3.07. The molecule has 0 aliphatic carbocycles. The molecule has 1 aromatic heterocycles. The number of benzene rings is 1. The lowest BCUT2D eigenvalue weighted by Crippen LogP contribution is -2.19. The Kier molecular flexibility index (Phi) is 4.08. The molecule has 0 N–H and O–H groups in total. The molecule has 3 nitrogen and oxygen atoms in total. The number of hydrogen-bond acceptors (Lipinski definition) is 3. The highest BCUT2D eigenvalue weighted by Crippen LogP contribution is 2.32. The maximum Gasteiger partial charge on any atom is 0.573 e. The summed E-state index contributed by atoms with van der Waals surface area (Å²) in [5.74, 6) is -1.13. The van der Waals surface area contributed by atoms with Crippen LogP contribution in [0.15, 0.2) is 47.2 Å². The van der Waals surface area contributed by atoms with Crippen LogP contribution in [0.4, 0.5) is 13.2 Å². The van der Waals surface area contributed by atoms with E-state index in [1.165, 1.54) is 36.7 Å². The van der Waals surface area contributed by atoms with Crippen molar-refractivity contribution in [3.63, 3.8) is 0 Å². The maximum atomic E-state index is 12.4. The first-order valence-electron chi connectivity index (χ1n) is 5.37. The van der Waals surface area contributed by atoms with Crippen molar-refractivity contribution in [3.05, 3.63) is 58.3 Å². The van der Waals surface area contributed by atoms with Gasteiger partial charge in [-0.15, -0.1) is 13.2 Å². The van der Waals surface area contributed by atoms with Crippen LogP contribution in [0, 0.1) is 0 Å². The molecule has 1 heterocycles. The zero-order valence-corrected chi connectivity index (χ0v) is 11.4. The van der Waals surface area contributed by atoms with Crippen molar-refractivity contribution in [3.8, 4) is 5.75 Å². The van der Waals surface area contributed by atoms with Gasteiger partial charge in [0.05, 0.1) is 5.56 Å². The number of aromatic nitrogens is 1. The lowest BCUT2D eigenvalue weighted by Gasteiger charge is -2.13. The van der Waals surface area contributed by atoms with Gasteiger partial charge in [0.2, 0.25) is 0 Å². The molecule has 0 spiro atoms. The molecule has 1 aromatic carbocycles. The number of carbonyl (C=O) groups is 1. The van der Waals surface area contributed by atoms with Crippen LogP contribution in [0.1, 0.15) is 15.9 Å². The highest BCUT2D eigenvalue weighted by Gasteiger charge is 2.33. The second-order valence-electron chi connectivity index (χ2n) is 3.73. The van der Waals surface area contributed by atoms with E-state index in [0.29, 0.717) is 0 Å². The van der Waals surface area contributed by atoms with Crippen LogP contribution in [0.5, 0.6) is 5.75 Å². The summed E-state index contributed by atoms with van der Waals surface area (Å²) in [6.07, 6.45) is -2.10. The molecule has 0 bridgehead atoms. The first-order valence-corrected chi connectivity index (χ1v) is 6.17. The second kappa shape index (κ2) is 5.62. The average Bonchev–Trinajstić information content (AvgIpc) is 2.37. The molecule has 0 radical (unpaired) electrons. The van der Waals surface area contributed by atoms with Crippen molar-refractivity contribution in [2.45, 2.75) is 6.36 Å². The molecule has 104 valence electrons. The van der Waals surface area contributed by atoms with E-state index in [2.05, 4.69) is 25.7 Å². The number of nitrogens with zero attached hydrogens (tertiary/aromatic N) is 1. The third kappa shape index (κ3) is 3.36. The summed E-state index contributed by atoms with van der Waals surface area (Å²) in [5, 5.41) is 0. The third-order valence-electron chi connectivity index (χ3n) is 2.37. The van der Waals surface area contributed by atoms with Gasteiger partial charge in [0.1, 0.15) is 5.75 Å². The molecule has 2 aromatic rings. The molecule has 0 saturated heterocycles. The topological polar surface area (TPSA) is 39.2 Å². The van der Waals surface area contributed by atoms with E-state index < -0.39 is 17.9 Å². The standard InChI is InChI=1S/C13H7BrF3NO2/c14-9-2-1-3-10(20-13(15,16)17)11(9)12(19)8-4-6-18-7-5-8/h1-7H. The minimum Gasteiger partial charge on any atom is -0.405 e. The number of rotatable bonds is 3. The van der Waals surface area contributed by atoms with Crippen molar-refractivity contribution in [1.29, 1.82) is 0 Å². The molecular weight excluding hydrogens is 339 g/mol. The van der Waals surface area contributed by atoms with Gasteiger partial charge < -0.3 is 4.74 Å². The average molecular weight is 346 g/mol. The summed E-state index contributed by atoms with van der Waals surface area (Å²) in [7, 11) is 0. The molecule has 0 aliphatic rings. The van der Waals surface area contributed by atoms with Gasteiger partial charge in [0.25, 0.3) is 0 Å². The Hall–Kier alpha value is -1.89.